The summed E-state index contributed by atoms with van der Waals surface area (Å²) in [5.74, 6) is 0.623. The summed E-state index contributed by atoms with van der Waals surface area (Å²) >= 11 is 0. The third-order valence-electron chi connectivity index (χ3n) is 4.28. The van der Waals surface area contributed by atoms with Crippen LogP contribution in [0, 0.1) is 5.41 Å². The molecule has 2 amide bonds. The van der Waals surface area contributed by atoms with Crippen molar-refractivity contribution >= 4 is 11.8 Å². The first-order valence-corrected chi connectivity index (χ1v) is 9.66. The molecule has 0 saturated heterocycles. The van der Waals surface area contributed by atoms with Gasteiger partial charge in [-0.1, -0.05) is 63.2 Å². The summed E-state index contributed by atoms with van der Waals surface area (Å²) in [6.07, 6.45) is 0.224. The van der Waals surface area contributed by atoms with Gasteiger partial charge in [0.25, 0.3) is 0 Å². The summed E-state index contributed by atoms with van der Waals surface area (Å²) in [4.78, 5) is 24.5. The molecule has 0 heterocycles. The molecule has 0 fully saturated rings. The number of ether oxygens (including phenoxy) is 1. The maximum Gasteiger partial charge on any atom is 0.225 e. The molecule has 2 rings (SSSR count). The maximum absolute atomic E-state index is 12.5. The Hall–Kier alpha value is -2.82. The quantitative estimate of drug-likeness (QED) is 0.729. The normalized spacial score (nSPS) is 12.1. The van der Waals surface area contributed by atoms with Gasteiger partial charge in [0.15, 0.2) is 0 Å². The summed E-state index contributed by atoms with van der Waals surface area (Å²) in [6, 6.07) is 17.3. The Morgan fingerprint density at radius 1 is 0.964 bits per heavy atom. The van der Waals surface area contributed by atoms with E-state index in [-0.39, 0.29) is 24.3 Å². The zero-order chi connectivity index (χ0) is 20.6. The Labute approximate surface area is 167 Å². The van der Waals surface area contributed by atoms with E-state index >= 15 is 0 Å². The highest BCUT2D eigenvalue weighted by Gasteiger charge is 2.21. The fourth-order valence-electron chi connectivity index (χ4n) is 2.72. The van der Waals surface area contributed by atoms with Crippen LogP contribution in [-0.4, -0.2) is 25.0 Å². The molecule has 5 heteroatoms. The molecule has 0 spiro atoms. The topological polar surface area (TPSA) is 67.4 Å². The van der Waals surface area contributed by atoms with E-state index in [1.54, 1.807) is 0 Å². The van der Waals surface area contributed by atoms with E-state index in [1.165, 1.54) is 0 Å². The van der Waals surface area contributed by atoms with Crippen LogP contribution in [0.4, 0.5) is 0 Å². The first-order valence-electron chi connectivity index (χ1n) is 9.66. The summed E-state index contributed by atoms with van der Waals surface area (Å²) in [5, 5.41) is 5.89. The highest BCUT2D eigenvalue weighted by molar-refractivity contribution is 5.82. The highest BCUT2D eigenvalue weighted by Crippen LogP contribution is 2.24. The van der Waals surface area contributed by atoms with Gasteiger partial charge in [-0.3, -0.25) is 9.59 Å². The van der Waals surface area contributed by atoms with Crippen LogP contribution in [0.1, 0.15) is 51.3 Å². The van der Waals surface area contributed by atoms with Gasteiger partial charge in [0.05, 0.1) is 12.6 Å². The SMILES string of the molecule is CCOc1ccc(C(NC(=O)CCNC(=O)C(C)(C)C)c2ccccc2)cc1. The van der Waals surface area contributed by atoms with E-state index in [1.807, 2.05) is 82.3 Å². The van der Waals surface area contributed by atoms with Gasteiger partial charge < -0.3 is 15.4 Å². The monoisotopic (exact) mass is 382 g/mol. The molecule has 0 aromatic heterocycles. The molecule has 2 N–H and O–H groups in total. The minimum Gasteiger partial charge on any atom is -0.494 e. The summed E-state index contributed by atoms with van der Waals surface area (Å²) in [7, 11) is 0. The zero-order valence-electron chi connectivity index (χ0n) is 17.1. The largest absolute Gasteiger partial charge is 0.494 e. The minimum absolute atomic E-state index is 0.0635. The Morgan fingerprint density at radius 2 is 1.57 bits per heavy atom. The van der Waals surface area contributed by atoms with Gasteiger partial charge in [-0.15, -0.1) is 0 Å². The molecule has 0 aliphatic heterocycles. The molecule has 2 aromatic rings. The molecule has 2 aromatic carbocycles. The number of amides is 2. The van der Waals surface area contributed by atoms with Crippen molar-refractivity contribution in [2.24, 2.45) is 5.41 Å². The van der Waals surface area contributed by atoms with Gasteiger partial charge in [-0.05, 0) is 30.2 Å². The van der Waals surface area contributed by atoms with Crippen molar-refractivity contribution in [2.45, 2.75) is 40.2 Å². The third kappa shape index (κ3) is 6.41. The van der Waals surface area contributed by atoms with Crippen LogP contribution in [0.25, 0.3) is 0 Å². The summed E-state index contributed by atoms with van der Waals surface area (Å²) in [6.45, 7) is 8.41. The first kappa shape index (κ1) is 21.5. The number of hydrogen-bond donors (Lipinski definition) is 2. The third-order valence-corrected chi connectivity index (χ3v) is 4.28. The predicted octanol–water partition coefficient (Wildman–Crippen LogP) is 3.84. The van der Waals surface area contributed by atoms with Crippen molar-refractivity contribution in [3.63, 3.8) is 0 Å². The van der Waals surface area contributed by atoms with Crippen LogP contribution in [0.5, 0.6) is 5.75 Å². The Balaban J connectivity index is 2.06. The summed E-state index contributed by atoms with van der Waals surface area (Å²) in [5.41, 5.74) is 1.51. The lowest BCUT2D eigenvalue weighted by atomic mass is 9.96. The van der Waals surface area contributed by atoms with E-state index in [2.05, 4.69) is 10.6 Å². The summed E-state index contributed by atoms with van der Waals surface area (Å²) < 4.78 is 5.50. The molecule has 1 atom stereocenters. The molecular weight excluding hydrogens is 352 g/mol. The van der Waals surface area contributed by atoms with Crippen molar-refractivity contribution in [1.29, 1.82) is 0 Å². The van der Waals surface area contributed by atoms with Crippen LogP contribution in [0.2, 0.25) is 0 Å². The Bertz CT molecular complexity index is 765. The molecule has 5 nitrogen and oxygen atoms in total. The predicted molar refractivity (Wildman–Crippen MR) is 111 cm³/mol. The fraction of sp³-hybridized carbons (Fsp3) is 0.391. The smallest absolute Gasteiger partial charge is 0.225 e. The molecule has 0 radical (unpaired) electrons. The molecule has 0 saturated carbocycles. The Morgan fingerprint density at radius 3 is 2.14 bits per heavy atom. The van der Waals surface area contributed by atoms with Gasteiger partial charge in [0, 0.05) is 18.4 Å². The van der Waals surface area contributed by atoms with Crippen molar-refractivity contribution in [3.05, 3.63) is 65.7 Å². The number of carbonyl (C=O) groups is 2. The molecule has 0 aliphatic carbocycles. The van der Waals surface area contributed by atoms with Gasteiger partial charge in [-0.2, -0.15) is 0 Å². The lowest BCUT2D eigenvalue weighted by Crippen LogP contribution is -2.38. The number of nitrogens with one attached hydrogen (secondary N) is 2. The lowest BCUT2D eigenvalue weighted by molar-refractivity contribution is -0.128. The second-order valence-electron chi connectivity index (χ2n) is 7.67. The maximum atomic E-state index is 12.5. The van der Waals surface area contributed by atoms with Crippen LogP contribution in [-0.2, 0) is 9.59 Å². The molecule has 1 unspecified atom stereocenters. The standard InChI is InChI=1S/C23H30N2O3/c1-5-28-19-13-11-18(12-14-19)21(17-9-7-6-8-10-17)25-20(26)15-16-24-22(27)23(2,3)4/h6-14,21H,5,15-16H2,1-4H3,(H,24,27)(H,25,26). The average Bonchev–Trinajstić information content (AvgIpc) is 2.67. The zero-order valence-corrected chi connectivity index (χ0v) is 17.1. The second kappa shape index (κ2) is 9.93. The van der Waals surface area contributed by atoms with Crippen molar-refractivity contribution < 1.29 is 14.3 Å². The molecule has 150 valence electrons. The number of hydrogen-bond acceptors (Lipinski definition) is 3. The van der Waals surface area contributed by atoms with E-state index in [4.69, 9.17) is 4.74 Å². The van der Waals surface area contributed by atoms with Gasteiger partial charge in [0.1, 0.15) is 5.75 Å². The average molecular weight is 383 g/mol. The van der Waals surface area contributed by atoms with E-state index < -0.39 is 5.41 Å². The van der Waals surface area contributed by atoms with Gasteiger partial charge in [-0.25, -0.2) is 0 Å². The van der Waals surface area contributed by atoms with Crippen LogP contribution < -0.4 is 15.4 Å². The highest BCUT2D eigenvalue weighted by atomic mass is 16.5. The van der Waals surface area contributed by atoms with Crippen molar-refractivity contribution in [3.8, 4) is 5.75 Å². The minimum atomic E-state index is -0.467. The second-order valence-corrected chi connectivity index (χ2v) is 7.67. The van der Waals surface area contributed by atoms with Crippen LogP contribution in [0.15, 0.2) is 54.6 Å². The van der Waals surface area contributed by atoms with E-state index in [0.717, 1.165) is 16.9 Å². The van der Waals surface area contributed by atoms with Crippen molar-refractivity contribution in [1.82, 2.24) is 10.6 Å². The van der Waals surface area contributed by atoms with E-state index in [0.29, 0.717) is 13.2 Å². The van der Waals surface area contributed by atoms with Crippen LogP contribution in [0.3, 0.4) is 0 Å². The molecular formula is C23H30N2O3. The number of carbonyl (C=O) groups excluding carboxylic acids is 2. The Kier molecular flexibility index (Phi) is 7.61. The lowest BCUT2D eigenvalue weighted by Gasteiger charge is -2.21. The van der Waals surface area contributed by atoms with Gasteiger partial charge in [0.2, 0.25) is 11.8 Å². The molecule has 0 aliphatic rings. The number of rotatable bonds is 8. The molecule has 0 bridgehead atoms. The van der Waals surface area contributed by atoms with Crippen molar-refractivity contribution in [2.75, 3.05) is 13.2 Å². The van der Waals surface area contributed by atoms with E-state index in [9.17, 15) is 9.59 Å². The number of benzene rings is 2. The fourth-order valence-corrected chi connectivity index (χ4v) is 2.72. The van der Waals surface area contributed by atoms with Crippen LogP contribution >= 0.6 is 0 Å². The first-order chi connectivity index (χ1) is 13.3. The van der Waals surface area contributed by atoms with Gasteiger partial charge >= 0.3 is 0 Å². The molecule has 28 heavy (non-hydrogen) atoms.